The molecular weight excluding hydrogens is 748 g/mol. The van der Waals surface area contributed by atoms with E-state index in [1.54, 1.807) is 7.16 Å². The van der Waals surface area contributed by atoms with E-state index in [1.165, 1.54) is 104 Å². The van der Waals surface area contributed by atoms with Gasteiger partial charge in [-0.15, -0.1) is 0 Å². The van der Waals surface area contributed by atoms with Gasteiger partial charge in [-0.25, -0.2) is 0 Å². The fourth-order valence-corrected chi connectivity index (χ4v) is 39.1. The Balaban J connectivity index is 2.03. The van der Waals surface area contributed by atoms with Crippen molar-refractivity contribution in [3.63, 3.8) is 0 Å². The van der Waals surface area contributed by atoms with E-state index in [-0.39, 0.29) is 0 Å². The minimum absolute atomic E-state index is 0.996. The molecule has 0 spiro atoms. The molecule has 0 unspecified atom stereocenters. The van der Waals surface area contributed by atoms with Crippen LogP contribution >= 0.6 is 0 Å². The van der Waals surface area contributed by atoms with E-state index < -0.39 is 36.8 Å². The van der Waals surface area contributed by atoms with E-state index in [2.05, 4.69) is 96.4 Å². The number of nitrogens with zero attached hydrogens (tertiary/aromatic N) is 3. The van der Waals surface area contributed by atoms with E-state index in [9.17, 15) is 0 Å². The summed E-state index contributed by atoms with van der Waals surface area (Å²) in [6, 6.07) is 16.2. The summed E-state index contributed by atoms with van der Waals surface area (Å²) in [5.74, 6) is 0. The van der Waals surface area contributed by atoms with Crippen LogP contribution in [0.4, 0.5) is 0 Å². The van der Waals surface area contributed by atoms with Gasteiger partial charge in [0.2, 0.25) is 0 Å². The molecule has 242 valence electrons. The maximum absolute atomic E-state index is 5.25. The second-order valence-corrected chi connectivity index (χ2v) is 39.9. The summed E-state index contributed by atoms with van der Waals surface area (Å²) < 4.78 is 12.2. The SMILES string of the molecule is CCC[CH2][Sn]([CH2]CCC)([CH2]CCC)[c]1ccnc(-c2cccc(-c3c[c]([Sn]([CH2]CCC)([CH2]CCC)[CH2]CCC)ccn3)n2)c1. The molecule has 3 nitrogen and oxygen atoms in total. The van der Waals surface area contributed by atoms with Crippen LogP contribution in [0.2, 0.25) is 26.6 Å². The third-order valence-corrected chi connectivity index (χ3v) is 41.3. The van der Waals surface area contributed by atoms with E-state index in [0.717, 1.165) is 22.8 Å². The molecule has 5 heteroatoms. The first-order chi connectivity index (χ1) is 21.5. The summed E-state index contributed by atoms with van der Waals surface area (Å²) in [5.41, 5.74) is 4.09. The van der Waals surface area contributed by atoms with Crippen LogP contribution < -0.4 is 7.16 Å². The third-order valence-electron chi connectivity index (χ3n) is 10.1. The Kier molecular flexibility index (Phi) is 17.3. The van der Waals surface area contributed by atoms with Gasteiger partial charge in [0.15, 0.2) is 0 Å². The Morgan fingerprint density at radius 2 is 0.750 bits per heavy atom. The van der Waals surface area contributed by atoms with Gasteiger partial charge in [0.25, 0.3) is 0 Å². The van der Waals surface area contributed by atoms with E-state index in [4.69, 9.17) is 15.0 Å². The standard InChI is InChI=1S/C15H9N3.6C4H9.2Sn/c1-3-10-16-12(6-1)14-8-5-9-15(18-14)13-7-2-4-11-17-13;6*1-3-4-2;;/h3-11H;6*1,3-4H2,2H3;;. The summed E-state index contributed by atoms with van der Waals surface area (Å²) in [7, 11) is 0. The van der Waals surface area contributed by atoms with Crippen LogP contribution in [0.5, 0.6) is 0 Å². The van der Waals surface area contributed by atoms with Crippen LogP contribution in [0.3, 0.4) is 0 Å². The summed E-state index contributed by atoms with van der Waals surface area (Å²) in [5, 5.41) is 0. The summed E-state index contributed by atoms with van der Waals surface area (Å²) >= 11 is -5.11. The Labute approximate surface area is 279 Å². The molecule has 0 radical (unpaired) electrons. The molecule has 0 aliphatic carbocycles. The monoisotopic (exact) mass is 813 g/mol. The number of pyridine rings is 3. The van der Waals surface area contributed by atoms with Crippen molar-refractivity contribution in [1.29, 1.82) is 0 Å². The molecule has 0 N–H and O–H groups in total. The van der Waals surface area contributed by atoms with Crippen molar-refractivity contribution in [3.05, 3.63) is 54.9 Å². The van der Waals surface area contributed by atoms with Gasteiger partial charge in [0.05, 0.1) is 0 Å². The van der Waals surface area contributed by atoms with Crippen molar-refractivity contribution in [2.24, 2.45) is 0 Å². The molecule has 3 aromatic heterocycles. The average Bonchev–Trinajstić information content (AvgIpc) is 3.08. The molecular formula is C39H63N3Sn2. The number of hydrogen-bond donors (Lipinski definition) is 0. The first-order valence-electron chi connectivity index (χ1n) is 18.4. The fraction of sp³-hybridized carbons (Fsp3) is 0.615. The summed E-state index contributed by atoms with van der Waals surface area (Å²) in [6.45, 7) is 14.2. The second-order valence-electron chi connectivity index (χ2n) is 13.4. The molecule has 0 bridgehead atoms. The topological polar surface area (TPSA) is 38.7 Å². The van der Waals surface area contributed by atoms with Gasteiger partial charge in [-0.2, -0.15) is 0 Å². The van der Waals surface area contributed by atoms with Gasteiger partial charge in [-0.1, -0.05) is 0 Å². The zero-order valence-electron chi connectivity index (χ0n) is 29.3. The van der Waals surface area contributed by atoms with E-state index >= 15 is 0 Å². The van der Waals surface area contributed by atoms with Crippen LogP contribution in [-0.4, -0.2) is 51.7 Å². The quantitative estimate of drug-likeness (QED) is 0.0949. The molecule has 0 aromatic carbocycles. The molecule has 0 aliphatic rings. The molecule has 44 heavy (non-hydrogen) atoms. The molecule has 0 atom stereocenters. The molecule has 0 saturated carbocycles. The molecule has 0 fully saturated rings. The van der Waals surface area contributed by atoms with Crippen molar-refractivity contribution in [3.8, 4) is 22.8 Å². The normalized spacial score (nSPS) is 12.1. The number of unbranched alkanes of at least 4 members (excludes halogenated alkanes) is 6. The predicted molar refractivity (Wildman–Crippen MR) is 200 cm³/mol. The summed E-state index contributed by atoms with van der Waals surface area (Å²) in [6.07, 6.45) is 20.2. The first kappa shape index (κ1) is 37.5. The van der Waals surface area contributed by atoms with Crippen LogP contribution in [-0.2, 0) is 0 Å². The Bertz CT molecular complexity index is 1090. The van der Waals surface area contributed by atoms with E-state index in [1.807, 2.05) is 0 Å². The minimum atomic E-state index is -2.56. The van der Waals surface area contributed by atoms with Crippen molar-refractivity contribution < 1.29 is 0 Å². The molecule has 3 heterocycles. The third kappa shape index (κ3) is 10.5. The number of hydrogen-bond acceptors (Lipinski definition) is 3. The first-order valence-corrected chi connectivity index (χ1v) is 33.4. The Hall–Kier alpha value is -0.953. The molecule has 0 amide bonds. The summed E-state index contributed by atoms with van der Waals surface area (Å²) in [4.78, 5) is 15.1. The van der Waals surface area contributed by atoms with Crippen LogP contribution in [0.25, 0.3) is 22.8 Å². The number of aromatic nitrogens is 3. The van der Waals surface area contributed by atoms with Crippen molar-refractivity contribution >= 4 is 43.9 Å². The fourth-order valence-electron chi connectivity index (χ4n) is 7.23. The second kappa shape index (κ2) is 20.3. The van der Waals surface area contributed by atoms with Gasteiger partial charge in [0, 0.05) is 0 Å². The zero-order valence-corrected chi connectivity index (χ0v) is 35.0. The predicted octanol–water partition coefficient (Wildman–Crippen LogP) is 11.3. The van der Waals surface area contributed by atoms with Crippen LogP contribution in [0.15, 0.2) is 54.9 Å². The van der Waals surface area contributed by atoms with Gasteiger partial charge in [0.1, 0.15) is 0 Å². The van der Waals surface area contributed by atoms with Crippen LogP contribution in [0, 0.1) is 0 Å². The van der Waals surface area contributed by atoms with Gasteiger partial charge >= 0.3 is 282 Å². The van der Waals surface area contributed by atoms with Crippen molar-refractivity contribution in [2.45, 2.75) is 145 Å². The van der Waals surface area contributed by atoms with Gasteiger partial charge in [-0.3, -0.25) is 0 Å². The zero-order chi connectivity index (χ0) is 31.7. The Morgan fingerprint density at radius 3 is 1.05 bits per heavy atom. The Morgan fingerprint density at radius 1 is 0.432 bits per heavy atom. The van der Waals surface area contributed by atoms with Gasteiger partial charge in [-0.05, 0) is 0 Å². The molecule has 0 aliphatic heterocycles. The van der Waals surface area contributed by atoms with Crippen LogP contribution in [0.1, 0.15) is 119 Å². The molecule has 3 rings (SSSR count). The van der Waals surface area contributed by atoms with E-state index in [0.29, 0.717) is 0 Å². The maximum atomic E-state index is 5.25. The average molecular weight is 811 g/mol. The number of rotatable bonds is 22. The molecule has 3 aromatic rings. The van der Waals surface area contributed by atoms with Gasteiger partial charge < -0.3 is 0 Å². The van der Waals surface area contributed by atoms with Crippen molar-refractivity contribution in [1.82, 2.24) is 15.0 Å². The molecule has 0 saturated heterocycles. The van der Waals surface area contributed by atoms with Crippen molar-refractivity contribution in [2.75, 3.05) is 0 Å².